The lowest BCUT2D eigenvalue weighted by molar-refractivity contribution is 0.585. The lowest BCUT2D eigenvalue weighted by Gasteiger charge is -2.12. The number of nitrogens with one attached hydrogen (secondary N) is 2. The number of rotatable bonds is 5. The Morgan fingerprint density at radius 1 is 1.08 bits per heavy atom. The van der Waals surface area contributed by atoms with E-state index in [-0.39, 0.29) is 24.8 Å². The molecule has 1 aliphatic rings. The number of halogens is 2. The smallest absolute Gasteiger partial charge is 0.132 e. The molecule has 0 fully saturated rings. The summed E-state index contributed by atoms with van der Waals surface area (Å²) in [6.45, 7) is 3.66. The van der Waals surface area contributed by atoms with Crippen LogP contribution < -0.4 is 10.6 Å². The highest BCUT2D eigenvalue weighted by atomic mass is 35.5. The topological polar surface area (TPSA) is 80.6 Å². The van der Waals surface area contributed by atoms with Crippen LogP contribution in [0.4, 0.5) is 5.82 Å². The van der Waals surface area contributed by atoms with Crippen LogP contribution in [0.1, 0.15) is 17.7 Å². The summed E-state index contributed by atoms with van der Waals surface area (Å²) in [7, 11) is 0. The lowest BCUT2D eigenvalue weighted by atomic mass is 10.1. The maximum atomic E-state index is 4.43. The summed E-state index contributed by atoms with van der Waals surface area (Å²) in [5, 5.41) is 15.3. The molecule has 1 aromatic carbocycles. The van der Waals surface area contributed by atoms with Crippen LogP contribution in [0.25, 0.3) is 11.0 Å². The molecule has 1 aliphatic heterocycles. The Kier molecular flexibility index (Phi) is 7.56. The van der Waals surface area contributed by atoms with Crippen molar-refractivity contribution in [3.05, 3.63) is 41.9 Å². The van der Waals surface area contributed by atoms with Crippen LogP contribution in [0.2, 0.25) is 0 Å². The number of aryl methyl sites for hydroxylation is 1. The Hall–Kier alpha value is -1.96. The summed E-state index contributed by atoms with van der Waals surface area (Å²) in [6.07, 6.45) is 4.57. The van der Waals surface area contributed by atoms with Crippen LogP contribution >= 0.6 is 24.8 Å². The van der Waals surface area contributed by atoms with E-state index < -0.39 is 0 Å². The van der Waals surface area contributed by atoms with Gasteiger partial charge in [-0.05, 0) is 31.5 Å². The Morgan fingerprint density at radius 2 is 1.92 bits per heavy atom. The molecule has 0 radical (unpaired) electrons. The Bertz CT molecular complexity index is 837. The van der Waals surface area contributed by atoms with Crippen molar-refractivity contribution in [1.82, 2.24) is 30.3 Å². The number of hydrogen-bond acceptors (Lipinski definition) is 6. The highest BCUT2D eigenvalue weighted by Gasteiger charge is 2.13. The predicted molar refractivity (Wildman–Crippen MR) is 107 cm³/mol. The molecule has 0 bridgehead atoms. The van der Waals surface area contributed by atoms with Crippen LogP contribution in [0.15, 0.2) is 30.6 Å². The minimum absolute atomic E-state index is 0. The molecule has 140 valence electrons. The standard InChI is InChI=1S/C17H21N7.2ClH/c1-2-5-16-15(4-1)22-23-24(16)11-3-8-19-17-13-6-9-18-10-7-14(13)20-12-21-17;;/h1-2,4-5,12,18H,3,6-11H2,(H,19,20,21);2*1H. The molecule has 3 aromatic rings. The zero-order chi connectivity index (χ0) is 16.2. The maximum absolute atomic E-state index is 4.43. The van der Waals surface area contributed by atoms with E-state index >= 15 is 0 Å². The number of fused-ring (bicyclic) bond motifs is 2. The van der Waals surface area contributed by atoms with Gasteiger partial charge >= 0.3 is 0 Å². The molecule has 0 unspecified atom stereocenters. The van der Waals surface area contributed by atoms with Crippen molar-refractivity contribution in [2.24, 2.45) is 0 Å². The largest absolute Gasteiger partial charge is 0.370 e. The molecule has 0 spiro atoms. The van der Waals surface area contributed by atoms with Crippen LogP contribution in [-0.4, -0.2) is 44.6 Å². The van der Waals surface area contributed by atoms with Gasteiger partial charge < -0.3 is 10.6 Å². The molecule has 0 aliphatic carbocycles. The fraction of sp³-hybridized carbons (Fsp3) is 0.412. The van der Waals surface area contributed by atoms with Gasteiger partial charge in [-0.25, -0.2) is 14.6 Å². The van der Waals surface area contributed by atoms with E-state index in [1.54, 1.807) is 6.33 Å². The molecule has 4 rings (SSSR count). The van der Waals surface area contributed by atoms with Gasteiger partial charge in [0.25, 0.3) is 0 Å². The summed E-state index contributed by atoms with van der Waals surface area (Å²) >= 11 is 0. The van der Waals surface area contributed by atoms with E-state index in [1.807, 2.05) is 22.9 Å². The van der Waals surface area contributed by atoms with Gasteiger partial charge in [0.1, 0.15) is 17.7 Å². The van der Waals surface area contributed by atoms with Crippen LogP contribution in [0, 0.1) is 0 Å². The zero-order valence-corrected chi connectivity index (χ0v) is 16.0. The number of para-hydroxylation sites is 1. The second-order valence-electron chi connectivity index (χ2n) is 5.98. The number of anilines is 1. The van der Waals surface area contributed by atoms with Crippen LogP contribution in [0.3, 0.4) is 0 Å². The van der Waals surface area contributed by atoms with Crippen molar-refractivity contribution in [3.8, 4) is 0 Å². The molecule has 3 heterocycles. The monoisotopic (exact) mass is 395 g/mol. The summed E-state index contributed by atoms with van der Waals surface area (Å²) in [6, 6.07) is 8.05. The molecule has 9 heteroatoms. The highest BCUT2D eigenvalue weighted by Crippen LogP contribution is 2.18. The number of benzene rings is 1. The number of nitrogens with zero attached hydrogens (tertiary/aromatic N) is 5. The second kappa shape index (κ2) is 9.66. The molecule has 0 atom stereocenters. The van der Waals surface area contributed by atoms with Crippen LogP contribution in [-0.2, 0) is 19.4 Å². The van der Waals surface area contributed by atoms with E-state index in [2.05, 4.69) is 37.0 Å². The van der Waals surface area contributed by atoms with Gasteiger partial charge in [0, 0.05) is 31.6 Å². The summed E-state index contributed by atoms with van der Waals surface area (Å²) in [5.41, 5.74) is 4.45. The van der Waals surface area contributed by atoms with Crippen molar-refractivity contribution in [2.45, 2.75) is 25.8 Å². The fourth-order valence-corrected chi connectivity index (χ4v) is 3.14. The zero-order valence-electron chi connectivity index (χ0n) is 14.4. The van der Waals surface area contributed by atoms with Crippen molar-refractivity contribution >= 4 is 41.7 Å². The summed E-state index contributed by atoms with van der Waals surface area (Å²) in [5.74, 6) is 0.979. The third-order valence-electron chi connectivity index (χ3n) is 4.38. The summed E-state index contributed by atoms with van der Waals surface area (Å²) < 4.78 is 1.96. The van der Waals surface area contributed by atoms with Gasteiger partial charge in [-0.2, -0.15) is 0 Å². The van der Waals surface area contributed by atoms with E-state index in [1.165, 1.54) is 11.3 Å². The molecule has 0 amide bonds. The van der Waals surface area contributed by atoms with Crippen molar-refractivity contribution in [1.29, 1.82) is 0 Å². The minimum atomic E-state index is 0. The van der Waals surface area contributed by atoms with E-state index in [9.17, 15) is 0 Å². The normalized spacial score (nSPS) is 13.2. The average molecular weight is 396 g/mol. The molecule has 26 heavy (non-hydrogen) atoms. The maximum Gasteiger partial charge on any atom is 0.132 e. The van der Waals surface area contributed by atoms with E-state index in [0.717, 1.165) is 62.3 Å². The van der Waals surface area contributed by atoms with Crippen molar-refractivity contribution < 1.29 is 0 Å². The Labute approximate surface area is 164 Å². The van der Waals surface area contributed by atoms with Gasteiger partial charge in [0.05, 0.1) is 11.2 Å². The van der Waals surface area contributed by atoms with Gasteiger partial charge in [-0.3, -0.25) is 0 Å². The second-order valence-corrected chi connectivity index (χ2v) is 5.98. The van der Waals surface area contributed by atoms with Gasteiger partial charge in [0.15, 0.2) is 0 Å². The third-order valence-corrected chi connectivity index (χ3v) is 4.38. The first kappa shape index (κ1) is 20.4. The number of hydrogen-bond donors (Lipinski definition) is 2. The lowest BCUT2D eigenvalue weighted by Crippen LogP contribution is -2.16. The van der Waals surface area contributed by atoms with E-state index in [4.69, 9.17) is 0 Å². The van der Waals surface area contributed by atoms with Gasteiger partial charge in [-0.1, -0.05) is 17.3 Å². The van der Waals surface area contributed by atoms with Crippen molar-refractivity contribution in [2.75, 3.05) is 25.0 Å². The van der Waals surface area contributed by atoms with Crippen molar-refractivity contribution in [3.63, 3.8) is 0 Å². The third kappa shape index (κ3) is 4.41. The van der Waals surface area contributed by atoms with Gasteiger partial charge in [0.2, 0.25) is 0 Å². The summed E-state index contributed by atoms with van der Waals surface area (Å²) in [4.78, 5) is 8.86. The molecule has 0 saturated heterocycles. The predicted octanol–water partition coefficient (Wildman–Crippen LogP) is 2.26. The fourth-order valence-electron chi connectivity index (χ4n) is 3.14. The van der Waals surface area contributed by atoms with E-state index in [0.29, 0.717) is 0 Å². The minimum Gasteiger partial charge on any atom is -0.370 e. The molecule has 2 N–H and O–H groups in total. The molecule has 2 aromatic heterocycles. The Morgan fingerprint density at radius 3 is 2.85 bits per heavy atom. The average Bonchev–Trinajstić information content (AvgIpc) is 2.86. The highest BCUT2D eigenvalue weighted by molar-refractivity contribution is 5.85. The Balaban J connectivity index is 0.00000121. The first-order valence-corrected chi connectivity index (χ1v) is 8.47. The SMILES string of the molecule is Cl.Cl.c1ccc2c(c1)nnn2CCCNc1ncnc2c1CCNCC2. The molecule has 7 nitrogen and oxygen atoms in total. The molecular weight excluding hydrogens is 373 g/mol. The number of aromatic nitrogens is 5. The van der Waals surface area contributed by atoms with Gasteiger partial charge in [-0.15, -0.1) is 29.9 Å². The first-order valence-electron chi connectivity index (χ1n) is 8.47. The quantitative estimate of drug-likeness (QED) is 0.644. The first-order chi connectivity index (χ1) is 11.9. The molecule has 0 saturated carbocycles. The van der Waals surface area contributed by atoms with Crippen LogP contribution in [0.5, 0.6) is 0 Å². The molecular formula is C17H23Cl2N7.